The summed E-state index contributed by atoms with van der Waals surface area (Å²) in [6.45, 7) is 6.35. The fraction of sp³-hybridized carbons (Fsp3) is 0.857. The minimum absolute atomic E-state index is 0.227. The fourth-order valence-electron chi connectivity index (χ4n) is 2.65. The highest BCUT2D eigenvalue weighted by Gasteiger charge is 2.39. The normalized spacial score (nSPS) is 34.3. The summed E-state index contributed by atoms with van der Waals surface area (Å²) in [5.74, 6) is 1.68. The van der Waals surface area contributed by atoms with Gasteiger partial charge in [0, 0.05) is 11.3 Å². The molecule has 1 spiro atoms. The van der Waals surface area contributed by atoms with E-state index < -0.39 is 6.04 Å². The van der Waals surface area contributed by atoms with Gasteiger partial charge in [0.05, 0.1) is 6.61 Å². The molecule has 1 unspecified atom stereocenters. The Morgan fingerprint density at radius 1 is 1.58 bits per heavy atom. The van der Waals surface area contributed by atoms with E-state index in [-0.39, 0.29) is 11.5 Å². The van der Waals surface area contributed by atoms with Crippen molar-refractivity contribution in [2.45, 2.75) is 58.0 Å². The highest BCUT2D eigenvalue weighted by Crippen LogP contribution is 2.38. The second-order valence-corrected chi connectivity index (χ2v) is 6.70. The highest BCUT2D eigenvalue weighted by atomic mass is 32.2. The maximum Gasteiger partial charge on any atom is 0.330 e. The number of nitrogens with zero attached hydrogens (tertiary/aromatic N) is 1. The van der Waals surface area contributed by atoms with Crippen LogP contribution in [-0.4, -0.2) is 35.1 Å². The summed E-state index contributed by atoms with van der Waals surface area (Å²) in [5, 5.41) is 4.47. The van der Waals surface area contributed by atoms with Crippen LogP contribution in [0.2, 0.25) is 0 Å². The number of nitrogens with one attached hydrogen (secondary N) is 1. The third-order valence-electron chi connectivity index (χ3n) is 4.03. The van der Waals surface area contributed by atoms with Gasteiger partial charge in [-0.25, -0.2) is 9.79 Å². The van der Waals surface area contributed by atoms with Crippen LogP contribution in [0.5, 0.6) is 0 Å². The van der Waals surface area contributed by atoms with Gasteiger partial charge in [-0.2, -0.15) is 0 Å². The van der Waals surface area contributed by atoms with Crippen molar-refractivity contribution < 1.29 is 9.53 Å². The molecule has 1 N–H and O–H groups in total. The molecule has 5 heteroatoms. The van der Waals surface area contributed by atoms with E-state index in [4.69, 9.17) is 4.74 Å². The first-order valence-corrected chi connectivity index (χ1v) is 8.18. The fourth-order valence-corrected chi connectivity index (χ4v) is 3.95. The molecule has 108 valence electrons. The number of thioether (sulfide) groups is 1. The Morgan fingerprint density at radius 2 is 2.26 bits per heavy atom. The average molecular weight is 284 g/mol. The molecule has 1 heterocycles. The Hall–Kier alpha value is -0.710. The zero-order valence-electron chi connectivity index (χ0n) is 12.1. The van der Waals surface area contributed by atoms with Gasteiger partial charge in [0.25, 0.3) is 0 Å². The largest absolute Gasteiger partial charge is 0.464 e. The quantitative estimate of drug-likeness (QED) is 0.809. The molecule has 2 rings (SSSR count). The van der Waals surface area contributed by atoms with Gasteiger partial charge in [-0.15, -0.1) is 0 Å². The van der Waals surface area contributed by atoms with E-state index in [0.717, 1.165) is 16.8 Å². The summed E-state index contributed by atoms with van der Waals surface area (Å²) in [5.41, 5.74) is 0.227. The van der Waals surface area contributed by atoms with Gasteiger partial charge in [0.15, 0.2) is 5.17 Å². The second-order valence-electron chi connectivity index (χ2n) is 5.74. The van der Waals surface area contributed by atoms with Crippen LogP contribution in [-0.2, 0) is 9.53 Å². The molecule has 0 bridgehead atoms. The third kappa shape index (κ3) is 3.65. The lowest BCUT2D eigenvalue weighted by Crippen LogP contribution is -2.46. The Morgan fingerprint density at radius 3 is 2.89 bits per heavy atom. The van der Waals surface area contributed by atoms with Crippen LogP contribution >= 0.6 is 11.8 Å². The molecule has 1 atom stereocenters. The lowest BCUT2D eigenvalue weighted by atomic mass is 9.78. The molecule has 1 saturated heterocycles. The van der Waals surface area contributed by atoms with E-state index in [1.54, 1.807) is 18.7 Å². The number of aliphatic imine (C=N–C) groups is 1. The highest BCUT2D eigenvalue weighted by molar-refractivity contribution is 8.14. The first-order chi connectivity index (χ1) is 9.04. The number of rotatable bonds is 3. The number of hydrogen-bond acceptors (Lipinski definition) is 4. The minimum Gasteiger partial charge on any atom is -0.464 e. The lowest BCUT2D eigenvalue weighted by molar-refractivity contribution is -0.144. The van der Waals surface area contributed by atoms with E-state index in [9.17, 15) is 4.79 Å². The summed E-state index contributed by atoms with van der Waals surface area (Å²) >= 11 is 1.74. The molecule has 1 aliphatic heterocycles. The van der Waals surface area contributed by atoms with Gasteiger partial charge in [-0.3, -0.25) is 0 Å². The minimum atomic E-state index is -0.410. The van der Waals surface area contributed by atoms with Gasteiger partial charge in [0.2, 0.25) is 0 Å². The second kappa shape index (κ2) is 6.16. The Kier molecular flexibility index (Phi) is 4.76. The Balaban J connectivity index is 1.92. The molecule has 4 nitrogen and oxygen atoms in total. The molecule has 19 heavy (non-hydrogen) atoms. The summed E-state index contributed by atoms with van der Waals surface area (Å²) in [6, 6.07) is -0.410. The molecule has 0 radical (unpaired) electrons. The SMILES string of the molecule is CCOC(=O)C(C)N=C1NC2(CCC(C)CC2)CS1. The van der Waals surface area contributed by atoms with E-state index in [1.165, 1.54) is 25.7 Å². The van der Waals surface area contributed by atoms with Gasteiger partial charge >= 0.3 is 5.97 Å². The Labute approximate surface area is 119 Å². The van der Waals surface area contributed by atoms with Crippen LogP contribution in [0.4, 0.5) is 0 Å². The number of amidine groups is 1. The average Bonchev–Trinajstić information content (AvgIpc) is 2.77. The van der Waals surface area contributed by atoms with Crippen LogP contribution in [0.1, 0.15) is 46.5 Å². The van der Waals surface area contributed by atoms with Crippen LogP contribution in [0, 0.1) is 5.92 Å². The smallest absolute Gasteiger partial charge is 0.330 e. The predicted octanol–water partition coefficient (Wildman–Crippen LogP) is 2.58. The van der Waals surface area contributed by atoms with E-state index >= 15 is 0 Å². The monoisotopic (exact) mass is 284 g/mol. The zero-order valence-corrected chi connectivity index (χ0v) is 12.9. The van der Waals surface area contributed by atoms with Crippen molar-refractivity contribution >= 4 is 22.9 Å². The van der Waals surface area contributed by atoms with E-state index in [2.05, 4.69) is 17.2 Å². The molecule has 0 aromatic carbocycles. The number of esters is 1. The van der Waals surface area contributed by atoms with Crippen molar-refractivity contribution in [3.8, 4) is 0 Å². The van der Waals surface area contributed by atoms with Gasteiger partial charge in [0.1, 0.15) is 6.04 Å². The van der Waals surface area contributed by atoms with Crippen molar-refractivity contribution in [3.05, 3.63) is 0 Å². The summed E-state index contributed by atoms with van der Waals surface area (Å²) in [6.07, 6.45) is 5.00. The van der Waals surface area contributed by atoms with Gasteiger partial charge < -0.3 is 10.1 Å². The van der Waals surface area contributed by atoms with Crippen LogP contribution in [0.3, 0.4) is 0 Å². The molecule has 2 fully saturated rings. The van der Waals surface area contributed by atoms with E-state index in [0.29, 0.717) is 6.61 Å². The van der Waals surface area contributed by atoms with Gasteiger partial charge in [-0.1, -0.05) is 18.7 Å². The first-order valence-electron chi connectivity index (χ1n) is 7.20. The first kappa shape index (κ1) is 14.7. The maximum absolute atomic E-state index is 11.6. The molecular weight excluding hydrogens is 260 g/mol. The van der Waals surface area contributed by atoms with Crippen molar-refractivity contribution in [2.75, 3.05) is 12.4 Å². The van der Waals surface area contributed by atoms with Gasteiger partial charge in [-0.05, 0) is 45.4 Å². The van der Waals surface area contributed by atoms with Crippen molar-refractivity contribution in [1.29, 1.82) is 0 Å². The molecule has 0 aromatic rings. The van der Waals surface area contributed by atoms with Crippen LogP contribution in [0.15, 0.2) is 4.99 Å². The predicted molar refractivity (Wildman–Crippen MR) is 79.5 cm³/mol. The maximum atomic E-state index is 11.6. The summed E-state index contributed by atoms with van der Waals surface area (Å²) in [4.78, 5) is 16.0. The zero-order chi connectivity index (χ0) is 13.9. The molecule has 0 aromatic heterocycles. The molecule has 1 saturated carbocycles. The lowest BCUT2D eigenvalue weighted by Gasteiger charge is -2.35. The number of ether oxygens (including phenoxy) is 1. The summed E-state index contributed by atoms with van der Waals surface area (Å²) in [7, 11) is 0. The number of carbonyl (C=O) groups excluding carboxylic acids is 1. The number of hydrogen-bond donors (Lipinski definition) is 1. The Bertz CT molecular complexity index is 362. The molecule has 1 aliphatic carbocycles. The molecule has 2 aliphatic rings. The van der Waals surface area contributed by atoms with Crippen molar-refractivity contribution in [2.24, 2.45) is 10.9 Å². The summed E-state index contributed by atoms with van der Waals surface area (Å²) < 4.78 is 4.98. The van der Waals surface area contributed by atoms with Crippen LogP contribution in [0.25, 0.3) is 0 Å². The standard InChI is InChI=1S/C14H24N2O2S/c1-4-18-12(17)11(3)15-13-16-14(9-19-13)7-5-10(2)6-8-14/h10-11H,4-9H2,1-3H3,(H,15,16). The van der Waals surface area contributed by atoms with E-state index in [1.807, 2.05) is 6.92 Å². The van der Waals surface area contributed by atoms with Crippen molar-refractivity contribution in [1.82, 2.24) is 5.32 Å². The van der Waals surface area contributed by atoms with Crippen LogP contribution < -0.4 is 5.32 Å². The van der Waals surface area contributed by atoms with Crippen molar-refractivity contribution in [3.63, 3.8) is 0 Å². The molecular formula is C14H24N2O2S. The topological polar surface area (TPSA) is 50.7 Å². The number of carbonyl (C=O) groups is 1. The third-order valence-corrected chi connectivity index (χ3v) is 5.21. The molecule has 0 amide bonds.